The Hall–Kier alpha value is -3.28. The summed E-state index contributed by atoms with van der Waals surface area (Å²) in [5.74, 6) is -5.10. The minimum atomic E-state index is -4.30. The van der Waals surface area contributed by atoms with Crippen LogP contribution in [0.15, 0.2) is 53.5 Å². The lowest BCUT2D eigenvalue weighted by molar-refractivity contribution is -0.168. The van der Waals surface area contributed by atoms with Crippen molar-refractivity contribution < 1.29 is 40.6 Å². The zero-order valence-corrected chi connectivity index (χ0v) is 17.2. The van der Waals surface area contributed by atoms with Crippen molar-refractivity contribution in [2.24, 2.45) is 10.7 Å². The highest BCUT2D eigenvalue weighted by Gasteiger charge is 2.49. The van der Waals surface area contributed by atoms with Crippen molar-refractivity contribution in [2.45, 2.75) is 31.1 Å². The van der Waals surface area contributed by atoms with E-state index < -0.39 is 43.6 Å². The van der Waals surface area contributed by atoms with Crippen molar-refractivity contribution in [3.8, 4) is 5.75 Å². The smallest absolute Gasteiger partial charge is 0.387 e. The third-order valence-electron chi connectivity index (χ3n) is 4.96. The first-order chi connectivity index (χ1) is 15.5. The maximum absolute atomic E-state index is 13.2. The maximum Gasteiger partial charge on any atom is 0.387 e. The monoisotopic (exact) mass is 475 g/mol. The van der Waals surface area contributed by atoms with Gasteiger partial charge in [0.05, 0.1) is 6.61 Å². The van der Waals surface area contributed by atoms with Crippen molar-refractivity contribution in [3.63, 3.8) is 0 Å². The van der Waals surface area contributed by atoms with E-state index in [0.29, 0.717) is 5.56 Å². The van der Waals surface area contributed by atoms with E-state index in [-0.39, 0.29) is 22.8 Å². The summed E-state index contributed by atoms with van der Waals surface area (Å²) < 4.78 is 84.8. The van der Waals surface area contributed by atoms with E-state index in [2.05, 4.69) is 9.73 Å². The minimum Gasteiger partial charge on any atom is -0.435 e. The molecule has 0 saturated heterocycles. The van der Waals surface area contributed by atoms with Crippen LogP contribution in [0.3, 0.4) is 0 Å². The number of rotatable bonds is 9. The van der Waals surface area contributed by atoms with Crippen LogP contribution < -0.4 is 10.5 Å². The molecule has 0 saturated carbocycles. The van der Waals surface area contributed by atoms with Gasteiger partial charge in [0.25, 0.3) is 5.91 Å². The van der Waals surface area contributed by atoms with E-state index in [9.17, 15) is 31.1 Å². The SMILES string of the molecule is CN1C(=O)C(c2ccc(OC(F)F)cc2)(c2cccc(COCC(F)(F)C(F)F)c2)N=C1N. The van der Waals surface area contributed by atoms with Crippen molar-refractivity contribution in [1.82, 2.24) is 4.90 Å². The fraction of sp³-hybridized carbons (Fsp3) is 0.333. The lowest BCUT2D eigenvalue weighted by Crippen LogP contribution is -2.41. The Morgan fingerprint density at radius 2 is 1.76 bits per heavy atom. The number of aliphatic imine (C=N–C) groups is 1. The summed E-state index contributed by atoms with van der Waals surface area (Å²) >= 11 is 0. The number of hydrogen-bond acceptors (Lipinski definition) is 5. The quantitative estimate of drug-likeness (QED) is 0.561. The van der Waals surface area contributed by atoms with Crippen LogP contribution in [0.1, 0.15) is 16.7 Å². The summed E-state index contributed by atoms with van der Waals surface area (Å²) in [4.78, 5) is 18.6. The molecule has 1 aliphatic rings. The molecule has 2 aromatic rings. The van der Waals surface area contributed by atoms with Crippen molar-refractivity contribution >= 4 is 11.9 Å². The van der Waals surface area contributed by atoms with Gasteiger partial charge >= 0.3 is 19.0 Å². The molecule has 1 amide bonds. The molecule has 12 heteroatoms. The van der Waals surface area contributed by atoms with E-state index >= 15 is 0 Å². The van der Waals surface area contributed by atoms with Gasteiger partial charge in [0.1, 0.15) is 12.4 Å². The van der Waals surface area contributed by atoms with Crippen LogP contribution in [-0.4, -0.2) is 49.4 Å². The third-order valence-corrected chi connectivity index (χ3v) is 4.96. The van der Waals surface area contributed by atoms with Gasteiger partial charge in [-0.25, -0.2) is 13.8 Å². The first kappa shape index (κ1) is 24.4. The number of nitrogens with two attached hydrogens (primary N) is 1. The first-order valence-corrected chi connectivity index (χ1v) is 9.49. The molecule has 1 atom stereocenters. The van der Waals surface area contributed by atoms with Gasteiger partial charge in [0.15, 0.2) is 11.5 Å². The fourth-order valence-electron chi connectivity index (χ4n) is 3.32. The number of likely N-dealkylation sites (N-methyl/N-ethyl adjacent to an activating group) is 1. The zero-order chi connectivity index (χ0) is 24.4. The predicted molar refractivity (Wildman–Crippen MR) is 105 cm³/mol. The Morgan fingerprint density at radius 3 is 2.30 bits per heavy atom. The summed E-state index contributed by atoms with van der Waals surface area (Å²) in [6, 6.07) is 11.2. The number of ether oxygens (including phenoxy) is 2. The molecule has 1 heterocycles. The summed E-state index contributed by atoms with van der Waals surface area (Å²) in [6.45, 7) is -4.96. The molecule has 0 bridgehead atoms. The van der Waals surface area contributed by atoms with Gasteiger partial charge in [-0.1, -0.05) is 36.4 Å². The van der Waals surface area contributed by atoms with Crippen LogP contribution in [0.5, 0.6) is 5.75 Å². The highest BCUT2D eigenvalue weighted by Crippen LogP contribution is 2.40. The predicted octanol–water partition coefficient (Wildman–Crippen LogP) is 3.74. The number of guanidine groups is 1. The molecule has 0 radical (unpaired) electrons. The first-order valence-electron chi connectivity index (χ1n) is 9.49. The lowest BCUT2D eigenvalue weighted by Gasteiger charge is -2.26. The minimum absolute atomic E-state index is 0.105. The standard InChI is InChI=1S/C21H19F6N3O3/c1-30-17(31)21(29-19(30)28,13-5-7-15(8-6-13)33-18(24)25)14-4-2-3-12(9-14)10-32-11-20(26,27)16(22)23/h2-9,16,18H,10-11H2,1H3,(H2,28,29). The number of hydrogen-bond donors (Lipinski definition) is 1. The Morgan fingerprint density at radius 1 is 1.09 bits per heavy atom. The summed E-state index contributed by atoms with van der Waals surface area (Å²) in [6.07, 6.45) is -3.87. The fourth-order valence-corrected chi connectivity index (χ4v) is 3.32. The second kappa shape index (κ2) is 9.30. The number of carbonyl (C=O) groups is 1. The molecule has 0 fully saturated rings. The molecule has 0 spiro atoms. The maximum atomic E-state index is 13.2. The Kier molecular flexibility index (Phi) is 6.86. The molecular weight excluding hydrogens is 456 g/mol. The van der Waals surface area contributed by atoms with Crippen molar-refractivity contribution in [1.29, 1.82) is 0 Å². The molecule has 6 nitrogen and oxygen atoms in total. The van der Waals surface area contributed by atoms with Crippen molar-refractivity contribution in [2.75, 3.05) is 13.7 Å². The number of carbonyl (C=O) groups excluding carboxylic acids is 1. The molecule has 3 rings (SSSR count). The van der Waals surface area contributed by atoms with Gasteiger partial charge in [-0.3, -0.25) is 9.69 Å². The van der Waals surface area contributed by atoms with Gasteiger partial charge in [0.2, 0.25) is 0 Å². The summed E-state index contributed by atoms with van der Waals surface area (Å²) in [5.41, 5.74) is 5.05. The van der Waals surface area contributed by atoms with E-state index in [1.807, 2.05) is 0 Å². The van der Waals surface area contributed by atoms with Gasteiger partial charge < -0.3 is 15.2 Å². The van der Waals surface area contributed by atoms with Gasteiger partial charge in [-0.05, 0) is 28.8 Å². The molecule has 0 aromatic heterocycles. The highest BCUT2D eigenvalue weighted by molar-refractivity contribution is 6.08. The van der Waals surface area contributed by atoms with Gasteiger partial charge in [0, 0.05) is 7.05 Å². The summed E-state index contributed by atoms with van der Waals surface area (Å²) in [7, 11) is 1.40. The van der Waals surface area contributed by atoms with Gasteiger partial charge in [-0.15, -0.1) is 0 Å². The van der Waals surface area contributed by atoms with E-state index in [0.717, 1.165) is 4.90 Å². The molecule has 2 aromatic carbocycles. The van der Waals surface area contributed by atoms with Crippen LogP contribution in [0, 0.1) is 0 Å². The van der Waals surface area contributed by atoms with Crippen LogP contribution in [-0.2, 0) is 21.7 Å². The lowest BCUT2D eigenvalue weighted by atomic mass is 9.82. The number of alkyl halides is 6. The number of benzene rings is 2. The Labute approximate surface area is 184 Å². The molecule has 178 valence electrons. The molecule has 2 N–H and O–H groups in total. The average molecular weight is 475 g/mol. The van der Waals surface area contributed by atoms with Crippen LogP contribution in [0.2, 0.25) is 0 Å². The van der Waals surface area contributed by atoms with Gasteiger partial charge in [-0.2, -0.15) is 17.6 Å². The number of halogens is 6. The van der Waals surface area contributed by atoms with E-state index in [4.69, 9.17) is 10.5 Å². The van der Waals surface area contributed by atoms with E-state index in [1.54, 1.807) is 0 Å². The number of nitrogens with zero attached hydrogens (tertiary/aromatic N) is 2. The largest absolute Gasteiger partial charge is 0.435 e. The Balaban J connectivity index is 1.95. The van der Waals surface area contributed by atoms with Crippen LogP contribution >= 0.6 is 0 Å². The normalized spacial score (nSPS) is 18.9. The topological polar surface area (TPSA) is 77.2 Å². The molecular formula is C21H19F6N3O3. The third kappa shape index (κ3) is 4.90. The van der Waals surface area contributed by atoms with Crippen LogP contribution in [0.4, 0.5) is 26.3 Å². The second-order valence-corrected chi connectivity index (χ2v) is 7.20. The molecule has 1 aliphatic heterocycles. The number of amides is 1. The average Bonchev–Trinajstić information content (AvgIpc) is 2.99. The molecule has 33 heavy (non-hydrogen) atoms. The van der Waals surface area contributed by atoms with Crippen molar-refractivity contribution in [3.05, 3.63) is 65.2 Å². The highest BCUT2D eigenvalue weighted by atomic mass is 19.3. The molecule has 0 aliphatic carbocycles. The Bertz CT molecular complexity index is 1030. The van der Waals surface area contributed by atoms with Crippen LogP contribution in [0.25, 0.3) is 0 Å². The van der Waals surface area contributed by atoms with E-state index in [1.165, 1.54) is 55.6 Å². The summed E-state index contributed by atoms with van der Waals surface area (Å²) in [5, 5.41) is 0. The zero-order valence-electron chi connectivity index (χ0n) is 17.2. The second-order valence-electron chi connectivity index (χ2n) is 7.20. The molecule has 1 unspecified atom stereocenters.